The van der Waals surface area contributed by atoms with E-state index in [1.807, 2.05) is 0 Å². The molecule has 0 radical (unpaired) electrons. The molecule has 0 heterocycles. The van der Waals surface area contributed by atoms with Gasteiger partial charge >= 0.3 is 13.6 Å². The van der Waals surface area contributed by atoms with Crippen LogP contribution in [0.1, 0.15) is 19.3 Å². The zero-order chi connectivity index (χ0) is 14.3. The highest BCUT2D eigenvalue weighted by atomic mass is 31.2. The Kier molecular flexibility index (Phi) is 7.30. The molecule has 0 saturated heterocycles. The third kappa shape index (κ3) is 5.26. The molecule has 0 aliphatic rings. The van der Waals surface area contributed by atoms with E-state index in [2.05, 4.69) is 6.58 Å². The van der Waals surface area contributed by atoms with Crippen molar-refractivity contribution in [1.29, 1.82) is 0 Å². The molecular weight excluding hydrogens is 263 g/mol. The van der Waals surface area contributed by atoms with Gasteiger partial charge in [-0.1, -0.05) is 6.08 Å². The number of nitrogens with two attached hydrogens (primary N) is 1. The van der Waals surface area contributed by atoms with Crippen LogP contribution in [0.5, 0.6) is 0 Å². The molecule has 0 rings (SSSR count). The number of unbranched alkanes of at least 4 members (excludes halogenated alkanes) is 1. The van der Waals surface area contributed by atoms with Gasteiger partial charge in [0, 0.05) is 0 Å². The summed E-state index contributed by atoms with van der Waals surface area (Å²) in [4.78, 5) is 28.9. The maximum Gasteiger partial charge on any atom is 0.348 e. The van der Waals surface area contributed by atoms with Gasteiger partial charge in [-0.05, 0) is 25.8 Å². The van der Waals surface area contributed by atoms with Gasteiger partial charge in [-0.25, -0.2) is 0 Å². The standard InChI is InChI=1S/C9H19N2O6P/c1-2-8(18(15,16)17)11(14)7(9(12)13)5-3-4-6-10/h2,7-8,14H,1,3-6,10H2,(H,12,13)(H2,15,16,17)/t7-,8?/m0/s1. The molecular formula is C9H19N2O6P. The maximum absolute atomic E-state index is 11.1. The molecule has 8 nitrogen and oxygen atoms in total. The number of rotatable bonds is 9. The molecule has 0 saturated carbocycles. The van der Waals surface area contributed by atoms with Crippen LogP contribution in [0.4, 0.5) is 0 Å². The van der Waals surface area contributed by atoms with Gasteiger partial charge in [0.1, 0.15) is 6.04 Å². The van der Waals surface area contributed by atoms with Gasteiger partial charge in [-0.2, -0.15) is 5.06 Å². The molecule has 9 heteroatoms. The van der Waals surface area contributed by atoms with Crippen molar-refractivity contribution < 1.29 is 29.5 Å². The zero-order valence-corrected chi connectivity index (χ0v) is 10.7. The van der Waals surface area contributed by atoms with Crippen LogP contribution in [0.3, 0.4) is 0 Å². The van der Waals surface area contributed by atoms with E-state index in [-0.39, 0.29) is 11.5 Å². The first-order chi connectivity index (χ1) is 8.25. The maximum atomic E-state index is 11.1. The smallest absolute Gasteiger partial charge is 0.348 e. The van der Waals surface area contributed by atoms with E-state index in [0.717, 1.165) is 6.08 Å². The Morgan fingerprint density at radius 2 is 2.00 bits per heavy atom. The average molecular weight is 282 g/mol. The predicted molar refractivity (Wildman–Crippen MR) is 64.0 cm³/mol. The minimum Gasteiger partial charge on any atom is -0.480 e. The lowest BCUT2D eigenvalue weighted by Gasteiger charge is -2.28. The summed E-state index contributed by atoms with van der Waals surface area (Å²) in [5.41, 5.74) is 5.26. The fourth-order valence-corrected chi connectivity index (χ4v) is 2.18. The highest BCUT2D eigenvalue weighted by Crippen LogP contribution is 2.43. The summed E-state index contributed by atoms with van der Waals surface area (Å²) in [7, 11) is -4.69. The summed E-state index contributed by atoms with van der Waals surface area (Å²) < 4.78 is 11.1. The van der Waals surface area contributed by atoms with Crippen LogP contribution in [-0.4, -0.2) is 49.5 Å². The summed E-state index contributed by atoms with van der Waals surface area (Å²) in [5, 5.41) is 18.7. The van der Waals surface area contributed by atoms with Crippen LogP contribution in [0, 0.1) is 0 Å². The molecule has 18 heavy (non-hydrogen) atoms. The van der Waals surface area contributed by atoms with Crippen molar-refractivity contribution >= 4 is 13.6 Å². The normalized spacial score (nSPS) is 15.4. The summed E-state index contributed by atoms with van der Waals surface area (Å²) in [6.45, 7) is 3.56. The molecule has 0 amide bonds. The summed E-state index contributed by atoms with van der Waals surface area (Å²) in [6.07, 6.45) is 1.84. The predicted octanol–water partition coefficient (Wildman–Crippen LogP) is -0.0504. The fourth-order valence-electron chi connectivity index (χ4n) is 1.43. The third-order valence-corrected chi connectivity index (χ3v) is 3.50. The van der Waals surface area contributed by atoms with Crippen molar-refractivity contribution in [3.05, 3.63) is 12.7 Å². The van der Waals surface area contributed by atoms with Crippen molar-refractivity contribution in [3.8, 4) is 0 Å². The molecule has 0 aliphatic carbocycles. The SMILES string of the molecule is C=CC(N(O)[C@@H](CCCCN)C(=O)O)P(=O)(O)O. The van der Waals surface area contributed by atoms with E-state index in [0.29, 0.717) is 19.4 Å². The van der Waals surface area contributed by atoms with Gasteiger partial charge < -0.3 is 25.8 Å². The Morgan fingerprint density at radius 3 is 2.33 bits per heavy atom. The Hall–Kier alpha value is -0.760. The molecule has 2 atom stereocenters. The Morgan fingerprint density at radius 1 is 1.44 bits per heavy atom. The van der Waals surface area contributed by atoms with Crippen molar-refractivity contribution in [2.75, 3.05) is 6.54 Å². The lowest BCUT2D eigenvalue weighted by atomic mass is 10.1. The Labute approximate surface area is 105 Å². The zero-order valence-electron chi connectivity index (χ0n) is 9.84. The van der Waals surface area contributed by atoms with E-state index >= 15 is 0 Å². The first-order valence-electron chi connectivity index (χ1n) is 5.33. The molecule has 0 bridgehead atoms. The summed E-state index contributed by atoms with van der Waals surface area (Å²) >= 11 is 0. The Balaban J connectivity index is 4.83. The van der Waals surface area contributed by atoms with Crippen LogP contribution in [0.25, 0.3) is 0 Å². The van der Waals surface area contributed by atoms with Gasteiger partial charge in [0.05, 0.1) is 0 Å². The molecule has 0 aromatic rings. The van der Waals surface area contributed by atoms with Crippen LogP contribution < -0.4 is 5.73 Å². The molecule has 0 aromatic heterocycles. The monoisotopic (exact) mass is 282 g/mol. The van der Waals surface area contributed by atoms with Crippen molar-refractivity contribution in [2.24, 2.45) is 5.73 Å². The highest BCUT2D eigenvalue weighted by Gasteiger charge is 2.38. The summed E-state index contributed by atoms with van der Waals surface area (Å²) in [6, 6.07) is -1.41. The van der Waals surface area contributed by atoms with Crippen LogP contribution in [-0.2, 0) is 9.36 Å². The molecule has 106 valence electrons. The van der Waals surface area contributed by atoms with E-state index in [1.165, 1.54) is 0 Å². The number of hydrogen-bond donors (Lipinski definition) is 5. The van der Waals surface area contributed by atoms with Crippen molar-refractivity contribution in [3.63, 3.8) is 0 Å². The Bertz CT molecular complexity index is 331. The van der Waals surface area contributed by atoms with Gasteiger partial charge in [0.25, 0.3) is 0 Å². The number of carboxylic acid groups (broad SMARTS) is 1. The largest absolute Gasteiger partial charge is 0.480 e. The number of hydroxylamine groups is 2. The van der Waals surface area contributed by atoms with Crippen LogP contribution in [0.2, 0.25) is 0 Å². The van der Waals surface area contributed by atoms with Gasteiger partial charge in [-0.3, -0.25) is 9.36 Å². The quantitative estimate of drug-likeness (QED) is 0.171. The molecule has 1 unspecified atom stereocenters. The number of carboxylic acids is 1. The van der Waals surface area contributed by atoms with Crippen molar-refractivity contribution in [2.45, 2.75) is 31.1 Å². The molecule has 0 spiro atoms. The van der Waals surface area contributed by atoms with Crippen LogP contribution in [0.15, 0.2) is 12.7 Å². The van der Waals surface area contributed by atoms with Gasteiger partial charge in [0.15, 0.2) is 5.78 Å². The minimum absolute atomic E-state index is 0.0351. The minimum atomic E-state index is -4.69. The highest BCUT2D eigenvalue weighted by molar-refractivity contribution is 7.52. The number of carbonyl (C=O) groups is 1. The molecule has 0 aliphatic heterocycles. The van der Waals surface area contributed by atoms with E-state index in [4.69, 9.17) is 20.6 Å². The topological polar surface area (TPSA) is 144 Å². The lowest BCUT2D eigenvalue weighted by molar-refractivity contribution is -0.172. The third-order valence-electron chi connectivity index (χ3n) is 2.36. The number of nitrogens with zero attached hydrogens (tertiary/aromatic N) is 1. The van der Waals surface area contributed by atoms with E-state index in [9.17, 15) is 14.6 Å². The average Bonchev–Trinajstić information content (AvgIpc) is 2.22. The second-order valence-electron chi connectivity index (χ2n) is 3.76. The number of aliphatic carboxylic acids is 1. The van der Waals surface area contributed by atoms with E-state index in [1.54, 1.807) is 0 Å². The summed E-state index contributed by atoms with van der Waals surface area (Å²) in [5.74, 6) is -3.11. The van der Waals surface area contributed by atoms with Gasteiger partial charge in [-0.15, -0.1) is 6.58 Å². The molecule has 0 aromatic carbocycles. The fraction of sp³-hybridized carbons (Fsp3) is 0.667. The lowest BCUT2D eigenvalue weighted by Crippen LogP contribution is -2.44. The van der Waals surface area contributed by atoms with Crippen molar-refractivity contribution in [1.82, 2.24) is 5.06 Å². The van der Waals surface area contributed by atoms with Crippen LogP contribution >= 0.6 is 7.60 Å². The van der Waals surface area contributed by atoms with E-state index < -0.39 is 25.4 Å². The number of hydrogen-bond acceptors (Lipinski definition) is 5. The molecule has 0 fully saturated rings. The second kappa shape index (κ2) is 7.63. The first kappa shape index (κ1) is 17.2. The van der Waals surface area contributed by atoms with Gasteiger partial charge in [0.2, 0.25) is 0 Å². The first-order valence-corrected chi connectivity index (χ1v) is 7.01. The molecule has 6 N–H and O–H groups in total. The second-order valence-corrected chi connectivity index (χ2v) is 5.46.